The number of alkyl halides is 3. The van der Waals surface area contributed by atoms with Crippen molar-refractivity contribution < 1.29 is 22.8 Å². The van der Waals surface area contributed by atoms with E-state index in [0.717, 1.165) is 12.5 Å². The van der Waals surface area contributed by atoms with E-state index in [-0.39, 0.29) is 23.5 Å². The minimum absolute atomic E-state index is 0.0203. The highest BCUT2D eigenvalue weighted by Crippen LogP contribution is 2.37. The normalized spacial score (nSPS) is 22.7. The summed E-state index contributed by atoms with van der Waals surface area (Å²) in [6.45, 7) is 5.56. The number of nitrogens with zero attached hydrogens (tertiary/aromatic N) is 2. The van der Waals surface area contributed by atoms with Crippen molar-refractivity contribution in [2.24, 2.45) is 11.8 Å². The van der Waals surface area contributed by atoms with Crippen molar-refractivity contribution in [3.8, 4) is 0 Å². The van der Waals surface area contributed by atoms with Crippen LogP contribution in [0.1, 0.15) is 43.7 Å². The lowest BCUT2D eigenvalue weighted by Crippen LogP contribution is -2.42. The fourth-order valence-electron chi connectivity index (χ4n) is 4.62. The Hall–Kier alpha value is -3.08. The minimum Gasteiger partial charge on any atom is -0.342 e. The maximum absolute atomic E-state index is 13.2. The zero-order chi connectivity index (χ0) is 24.8. The molecule has 4 rings (SSSR count). The van der Waals surface area contributed by atoms with Gasteiger partial charge in [-0.25, -0.2) is 0 Å². The van der Waals surface area contributed by atoms with Gasteiger partial charge in [-0.2, -0.15) is 18.2 Å². The highest BCUT2D eigenvalue weighted by molar-refractivity contribution is 6.31. The number of aromatic nitrogens is 2. The van der Waals surface area contributed by atoms with E-state index in [1.54, 1.807) is 0 Å². The predicted octanol–water partition coefficient (Wildman–Crippen LogP) is 3.99. The first-order chi connectivity index (χ1) is 15.9. The van der Waals surface area contributed by atoms with E-state index in [2.05, 4.69) is 34.4 Å². The summed E-state index contributed by atoms with van der Waals surface area (Å²) in [7, 11) is 0. The molecule has 0 bridgehead atoms. The number of H-pyrrole nitrogens is 1. The first-order valence-corrected chi connectivity index (χ1v) is 11.2. The molecule has 3 heterocycles. The second kappa shape index (κ2) is 8.94. The number of carbonyl (C=O) groups is 2. The number of fused-ring (bicyclic) bond motifs is 1. The van der Waals surface area contributed by atoms with Crippen LogP contribution in [0.25, 0.3) is 0 Å². The standard InChI is InChI=1S/C22H23ClF3N5O3/c1-10-5-11(2)9-31(8-10)21-29-18-17(20(34)30-21)13(7-16(32)28-18)19(33)27-12-3-4-15(23)14(6-12)22(24,25)26/h3-4,6,10-11,13H,5,7-9H2,1-2H3,(H,27,33)(H2,28,29,30,32,34). The molecule has 2 amide bonds. The fourth-order valence-corrected chi connectivity index (χ4v) is 4.84. The Morgan fingerprint density at radius 2 is 1.88 bits per heavy atom. The van der Waals surface area contributed by atoms with Crippen LogP contribution in [0.15, 0.2) is 23.0 Å². The Labute approximate surface area is 197 Å². The van der Waals surface area contributed by atoms with E-state index in [1.165, 1.54) is 6.07 Å². The molecule has 2 aliphatic heterocycles. The number of nitrogens with one attached hydrogen (secondary N) is 3. The molecule has 1 fully saturated rings. The molecule has 1 aromatic heterocycles. The number of anilines is 3. The van der Waals surface area contributed by atoms with Gasteiger partial charge in [-0.3, -0.25) is 19.4 Å². The lowest BCUT2D eigenvalue weighted by atomic mass is 9.91. The number of carbonyl (C=O) groups excluding carboxylic acids is 2. The molecule has 2 aromatic rings. The molecule has 3 N–H and O–H groups in total. The third kappa shape index (κ3) is 4.89. The lowest BCUT2D eigenvalue weighted by molar-refractivity contribution is -0.137. The van der Waals surface area contributed by atoms with E-state index in [1.807, 2.05) is 4.90 Å². The molecule has 0 radical (unpaired) electrons. The monoisotopic (exact) mass is 497 g/mol. The maximum Gasteiger partial charge on any atom is 0.417 e. The zero-order valence-electron chi connectivity index (χ0n) is 18.4. The Kier molecular flexibility index (Phi) is 6.32. The molecule has 0 aliphatic carbocycles. The summed E-state index contributed by atoms with van der Waals surface area (Å²) >= 11 is 5.63. The van der Waals surface area contributed by atoms with Gasteiger partial charge in [-0.15, -0.1) is 0 Å². The number of benzene rings is 1. The zero-order valence-corrected chi connectivity index (χ0v) is 19.2. The van der Waals surface area contributed by atoms with Gasteiger partial charge in [-0.1, -0.05) is 25.4 Å². The highest BCUT2D eigenvalue weighted by atomic mass is 35.5. The highest BCUT2D eigenvalue weighted by Gasteiger charge is 2.37. The largest absolute Gasteiger partial charge is 0.417 e. The summed E-state index contributed by atoms with van der Waals surface area (Å²) in [5, 5.41) is 4.39. The molecule has 12 heteroatoms. The molecular weight excluding hydrogens is 475 g/mol. The van der Waals surface area contributed by atoms with Crippen LogP contribution in [-0.2, 0) is 15.8 Å². The van der Waals surface area contributed by atoms with E-state index in [4.69, 9.17) is 11.6 Å². The first-order valence-electron chi connectivity index (χ1n) is 10.8. The smallest absolute Gasteiger partial charge is 0.342 e. The number of amides is 2. The molecule has 1 aromatic carbocycles. The summed E-state index contributed by atoms with van der Waals surface area (Å²) in [5.74, 6) is -1.49. The molecule has 34 heavy (non-hydrogen) atoms. The van der Waals surface area contributed by atoms with Gasteiger partial charge in [0, 0.05) is 25.2 Å². The van der Waals surface area contributed by atoms with Crippen LogP contribution in [0.3, 0.4) is 0 Å². The van der Waals surface area contributed by atoms with Crippen molar-refractivity contribution in [2.45, 2.75) is 38.8 Å². The van der Waals surface area contributed by atoms with Crippen LogP contribution in [0.2, 0.25) is 5.02 Å². The van der Waals surface area contributed by atoms with Crippen molar-refractivity contribution in [3.63, 3.8) is 0 Å². The molecular formula is C22H23ClF3N5O3. The lowest BCUT2D eigenvalue weighted by Gasteiger charge is -2.35. The van der Waals surface area contributed by atoms with Gasteiger partial charge in [0.15, 0.2) is 0 Å². The van der Waals surface area contributed by atoms with Gasteiger partial charge < -0.3 is 15.5 Å². The van der Waals surface area contributed by atoms with Gasteiger partial charge in [0.05, 0.1) is 22.1 Å². The molecule has 0 spiro atoms. The van der Waals surface area contributed by atoms with Gasteiger partial charge >= 0.3 is 6.18 Å². The van der Waals surface area contributed by atoms with Crippen LogP contribution in [0, 0.1) is 11.8 Å². The fraction of sp³-hybridized carbons (Fsp3) is 0.455. The Balaban J connectivity index is 1.64. The number of hydrogen-bond acceptors (Lipinski definition) is 5. The van der Waals surface area contributed by atoms with Gasteiger partial charge in [0.2, 0.25) is 17.8 Å². The molecule has 1 saturated heterocycles. The molecule has 0 saturated carbocycles. The van der Waals surface area contributed by atoms with Crippen molar-refractivity contribution in [1.82, 2.24) is 9.97 Å². The molecule has 8 nitrogen and oxygen atoms in total. The number of piperidine rings is 1. The summed E-state index contributed by atoms with van der Waals surface area (Å²) < 4.78 is 39.5. The van der Waals surface area contributed by atoms with Gasteiger partial charge in [0.25, 0.3) is 5.56 Å². The predicted molar refractivity (Wildman–Crippen MR) is 121 cm³/mol. The third-order valence-electron chi connectivity index (χ3n) is 5.96. The number of hydrogen-bond donors (Lipinski definition) is 3. The van der Waals surface area contributed by atoms with E-state index < -0.39 is 40.1 Å². The summed E-state index contributed by atoms with van der Waals surface area (Å²) in [4.78, 5) is 47.3. The van der Waals surface area contributed by atoms with Crippen LogP contribution in [0.5, 0.6) is 0 Å². The second-order valence-electron chi connectivity index (χ2n) is 8.99. The van der Waals surface area contributed by atoms with Crippen LogP contribution in [-0.4, -0.2) is 34.9 Å². The Morgan fingerprint density at radius 1 is 1.21 bits per heavy atom. The minimum atomic E-state index is -4.71. The maximum atomic E-state index is 13.2. The van der Waals surface area contributed by atoms with Crippen molar-refractivity contribution >= 4 is 40.9 Å². The molecule has 3 atom stereocenters. The summed E-state index contributed by atoms with van der Waals surface area (Å²) in [6, 6.07) is 2.93. The second-order valence-corrected chi connectivity index (χ2v) is 9.40. The average Bonchev–Trinajstić information content (AvgIpc) is 2.72. The van der Waals surface area contributed by atoms with Crippen molar-refractivity contribution in [2.75, 3.05) is 28.6 Å². The van der Waals surface area contributed by atoms with Crippen LogP contribution < -0.4 is 21.1 Å². The average molecular weight is 498 g/mol. The Bertz CT molecular complexity index is 1190. The summed E-state index contributed by atoms with van der Waals surface area (Å²) in [5.41, 5.74) is -1.89. The number of halogens is 4. The van der Waals surface area contributed by atoms with E-state index >= 15 is 0 Å². The van der Waals surface area contributed by atoms with E-state index in [9.17, 15) is 27.6 Å². The van der Waals surface area contributed by atoms with Gasteiger partial charge in [-0.05, 0) is 36.5 Å². The Morgan fingerprint density at radius 3 is 2.53 bits per heavy atom. The van der Waals surface area contributed by atoms with Crippen LogP contribution in [0.4, 0.5) is 30.6 Å². The molecule has 182 valence electrons. The number of aromatic amines is 1. The van der Waals surface area contributed by atoms with Crippen molar-refractivity contribution in [3.05, 3.63) is 44.7 Å². The van der Waals surface area contributed by atoms with Crippen molar-refractivity contribution in [1.29, 1.82) is 0 Å². The van der Waals surface area contributed by atoms with Gasteiger partial charge in [0.1, 0.15) is 5.82 Å². The summed E-state index contributed by atoms with van der Waals surface area (Å²) in [6.07, 6.45) is -4.01. The topological polar surface area (TPSA) is 107 Å². The number of rotatable bonds is 3. The molecule has 2 aliphatic rings. The van der Waals surface area contributed by atoms with E-state index in [0.29, 0.717) is 36.9 Å². The SMILES string of the molecule is CC1CC(C)CN(c2nc3c(c(=O)[nH]2)C(C(=O)Nc2ccc(Cl)c(C(F)(F)F)c2)CC(=O)N3)C1. The quantitative estimate of drug-likeness (QED) is 0.594. The molecule has 3 unspecified atom stereocenters. The first kappa shape index (κ1) is 24.1. The third-order valence-corrected chi connectivity index (χ3v) is 6.29. The van der Waals surface area contributed by atoms with Crippen LogP contribution >= 0.6 is 11.6 Å².